The summed E-state index contributed by atoms with van der Waals surface area (Å²) < 4.78 is 39.5. The minimum atomic E-state index is -4.77. The van der Waals surface area contributed by atoms with Gasteiger partial charge in [-0.25, -0.2) is 4.79 Å². The van der Waals surface area contributed by atoms with Gasteiger partial charge in [0.15, 0.2) is 0 Å². The van der Waals surface area contributed by atoms with Crippen molar-refractivity contribution in [3.8, 4) is 0 Å². The van der Waals surface area contributed by atoms with Crippen molar-refractivity contribution in [2.75, 3.05) is 18.6 Å². The highest BCUT2D eigenvalue weighted by molar-refractivity contribution is 7.87. The lowest BCUT2D eigenvalue weighted by molar-refractivity contribution is -0.117. The third-order valence-corrected chi connectivity index (χ3v) is 4.54. The summed E-state index contributed by atoms with van der Waals surface area (Å²) in [6.45, 7) is 1.44. The number of hydrogen-bond acceptors (Lipinski definition) is 5. The smallest absolute Gasteiger partial charge is 0.338 e. The Morgan fingerprint density at radius 1 is 1.43 bits per heavy atom. The predicted octanol–water partition coefficient (Wildman–Crippen LogP) is 1.19. The van der Waals surface area contributed by atoms with Crippen molar-refractivity contribution < 1.29 is 26.6 Å². The van der Waals surface area contributed by atoms with E-state index in [-0.39, 0.29) is 12.1 Å². The number of rotatable bonds is 3. The maximum Gasteiger partial charge on any atom is 0.338 e. The highest BCUT2D eigenvalue weighted by Gasteiger charge is 2.39. The van der Waals surface area contributed by atoms with E-state index in [0.717, 1.165) is 4.90 Å². The molecule has 1 aliphatic rings. The number of esters is 1. The number of nitrogens with zero attached hydrogens (tertiary/aromatic N) is 1. The third-order valence-electron chi connectivity index (χ3n) is 3.43. The van der Waals surface area contributed by atoms with Gasteiger partial charge in [-0.1, -0.05) is 6.07 Å². The number of carbonyl (C=O) groups excluding carboxylic acids is 2. The lowest BCUT2D eigenvalue weighted by Gasteiger charge is -2.17. The number of ether oxygens (including phenoxy) is 1. The van der Waals surface area contributed by atoms with E-state index in [1.54, 1.807) is 19.1 Å². The van der Waals surface area contributed by atoms with Crippen molar-refractivity contribution in [3.63, 3.8) is 0 Å². The molecule has 0 aromatic heterocycles. The Labute approximate surface area is 121 Å². The van der Waals surface area contributed by atoms with Crippen molar-refractivity contribution in [1.29, 1.82) is 0 Å². The van der Waals surface area contributed by atoms with Crippen molar-refractivity contribution in [3.05, 3.63) is 29.3 Å². The number of carbonyl (C=O) groups is 2. The van der Waals surface area contributed by atoms with Crippen LogP contribution in [0.4, 0.5) is 9.57 Å². The second-order valence-electron chi connectivity index (χ2n) is 4.80. The van der Waals surface area contributed by atoms with Crippen LogP contribution in [0, 0.1) is 6.92 Å². The molecule has 1 unspecified atom stereocenters. The van der Waals surface area contributed by atoms with Crippen LogP contribution in [-0.4, -0.2) is 39.2 Å². The average molecular weight is 315 g/mol. The number of amides is 1. The van der Waals surface area contributed by atoms with Crippen LogP contribution in [0.3, 0.4) is 0 Å². The molecule has 1 fully saturated rings. The number of halogens is 1. The number of anilines is 1. The zero-order valence-corrected chi connectivity index (χ0v) is 12.3. The lowest BCUT2D eigenvalue weighted by atomic mass is 10.1. The second-order valence-corrected chi connectivity index (χ2v) is 6.41. The summed E-state index contributed by atoms with van der Waals surface area (Å²) in [7, 11) is -3.53. The van der Waals surface area contributed by atoms with Crippen LogP contribution in [0.5, 0.6) is 0 Å². The van der Waals surface area contributed by atoms with Crippen LogP contribution in [0.2, 0.25) is 0 Å². The topological polar surface area (TPSA) is 80.8 Å². The predicted molar refractivity (Wildman–Crippen MR) is 73.3 cm³/mol. The molecule has 0 spiro atoms. The summed E-state index contributed by atoms with van der Waals surface area (Å²) >= 11 is 0. The fourth-order valence-corrected chi connectivity index (χ4v) is 2.89. The van der Waals surface area contributed by atoms with Crippen LogP contribution in [-0.2, 0) is 19.8 Å². The summed E-state index contributed by atoms with van der Waals surface area (Å²) in [5.41, 5.74) is 1.28. The monoisotopic (exact) mass is 315 g/mol. The van der Waals surface area contributed by atoms with E-state index in [1.165, 1.54) is 13.2 Å². The molecule has 0 aliphatic carbocycles. The molecule has 2 rings (SSSR count). The van der Waals surface area contributed by atoms with Crippen LogP contribution < -0.4 is 4.90 Å². The Kier molecular flexibility index (Phi) is 3.99. The first-order valence-electron chi connectivity index (χ1n) is 6.17. The molecule has 0 N–H and O–H groups in total. The minimum absolute atomic E-state index is 0.263. The standard InChI is InChI=1S/C13H14FNO5S/c1-8-3-4-9(5-11(8)13(17)20-2)15-7-10(6-12(15)16)21(14,18)19/h3-5,10H,6-7H2,1-2H3. The average Bonchev–Trinajstić information content (AvgIpc) is 2.80. The zero-order valence-electron chi connectivity index (χ0n) is 11.5. The molecule has 0 bridgehead atoms. The van der Waals surface area contributed by atoms with Gasteiger partial charge in [-0.15, -0.1) is 3.89 Å². The maximum atomic E-state index is 13.0. The fraction of sp³-hybridized carbons (Fsp3) is 0.385. The molecule has 1 atom stereocenters. The molecule has 1 saturated heterocycles. The van der Waals surface area contributed by atoms with E-state index in [1.807, 2.05) is 0 Å². The first kappa shape index (κ1) is 15.4. The van der Waals surface area contributed by atoms with E-state index >= 15 is 0 Å². The van der Waals surface area contributed by atoms with E-state index in [9.17, 15) is 21.9 Å². The largest absolute Gasteiger partial charge is 0.465 e. The molecule has 1 heterocycles. The SMILES string of the molecule is COC(=O)c1cc(N2CC(S(=O)(=O)F)CC2=O)ccc1C. The molecule has 1 aromatic rings. The van der Waals surface area contributed by atoms with Gasteiger partial charge >= 0.3 is 16.2 Å². The quantitative estimate of drug-likeness (QED) is 0.618. The van der Waals surface area contributed by atoms with Gasteiger partial charge in [-0.3, -0.25) is 4.79 Å². The van der Waals surface area contributed by atoms with Crippen LogP contribution in [0.15, 0.2) is 18.2 Å². The summed E-state index contributed by atoms with van der Waals surface area (Å²) in [5.74, 6) is -1.06. The van der Waals surface area contributed by atoms with Gasteiger partial charge in [0.25, 0.3) is 0 Å². The molecule has 8 heteroatoms. The normalized spacial score (nSPS) is 18.9. The molecule has 21 heavy (non-hydrogen) atoms. The first-order valence-corrected chi connectivity index (χ1v) is 7.61. The van der Waals surface area contributed by atoms with E-state index in [2.05, 4.69) is 4.74 Å². The summed E-state index contributed by atoms with van der Waals surface area (Å²) in [4.78, 5) is 24.6. The van der Waals surface area contributed by atoms with Crippen molar-refractivity contribution in [2.45, 2.75) is 18.6 Å². The number of aryl methyl sites for hydroxylation is 1. The third kappa shape index (κ3) is 3.05. The van der Waals surface area contributed by atoms with Crippen LogP contribution in [0.1, 0.15) is 22.3 Å². The highest BCUT2D eigenvalue weighted by Crippen LogP contribution is 2.27. The Morgan fingerprint density at radius 3 is 2.62 bits per heavy atom. The summed E-state index contributed by atoms with van der Waals surface area (Å²) in [6.07, 6.45) is -0.403. The van der Waals surface area contributed by atoms with Gasteiger partial charge in [-0.05, 0) is 24.6 Å². The summed E-state index contributed by atoms with van der Waals surface area (Å²) in [6, 6.07) is 4.63. The van der Waals surface area contributed by atoms with Crippen molar-refractivity contribution >= 4 is 27.8 Å². The minimum Gasteiger partial charge on any atom is -0.465 e. The molecular weight excluding hydrogens is 301 g/mol. The van der Waals surface area contributed by atoms with Crippen LogP contribution in [0.25, 0.3) is 0 Å². The molecule has 0 radical (unpaired) electrons. The van der Waals surface area contributed by atoms with E-state index in [0.29, 0.717) is 11.3 Å². The van der Waals surface area contributed by atoms with Gasteiger partial charge in [-0.2, -0.15) is 8.42 Å². The number of hydrogen-bond donors (Lipinski definition) is 0. The molecule has 114 valence electrons. The molecule has 0 saturated carbocycles. The van der Waals surface area contributed by atoms with E-state index in [4.69, 9.17) is 0 Å². The second kappa shape index (κ2) is 5.44. The Hall–Kier alpha value is -1.96. The maximum absolute atomic E-state index is 13.0. The van der Waals surface area contributed by atoms with Gasteiger partial charge in [0.05, 0.1) is 12.7 Å². The van der Waals surface area contributed by atoms with E-state index < -0.39 is 33.8 Å². The molecule has 1 aromatic carbocycles. The Bertz CT molecular complexity index is 701. The van der Waals surface area contributed by atoms with Crippen molar-refractivity contribution in [2.24, 2.45) is 0 Å². The molecule has 1 aliphatic heterocycles. The highest BCUT2D eigenvalue weighted by atomic mass is 32.3. The fourth-order valence-electron chi connectivity index (χ4n) is 2.22. The lowest BCUT2D eigenvalue weighted by Crippen LogP contribution is -2.27. The van der Waals surface area contributed by atoms with Crippen molar-refractivity contribution in [1.82, 2.24) is 0 Å². The molecular formula is C13H14FNO5S. The summed E-state index contributed by atoms with van der Waals surface area (Å²) in [5, 5.41) is -1.37. The Morgan fingerprint density at radius 2 is 2.10 bits per heavy atom. The number of methoxy groups -OCH3 is 1. The zero-order chi connectivity index (χ0) is 15.8. The molecule has 6 nitrogen and oxygen atoms in total. The van der Waals surface area contributed by atoms with Gasteiger partial charge in [0.2, 0.25) is 5.91 Å². The van der Waals surface area contributed by atoms with Gasteiger partial charge < -0.3 is 9.64 Å². The Balaban J connectivity index is 2.35. The number of benzene rings is 1. The van der Waals surface area contributed by atoms with Crippen LogP contribution >= 0.6 is 0 Å². The first-order chi connectivity index (χ1) is 9.74. The molecule has 1 amide bonds. The van der Waals surface area contributed by atoms with Gasteiger partial charge in [0, 0.05) is 18.7 Å². The van der Waals surface area contributed by atoms with Gasteiger partial charge in [0.1, 0.15) is 5.25 Å².